The van der Waals surface area contributed by atoms with Crippen molar-refractivity contribution in [3.63, 3.8) is 0 Å². The van der Waals surface area contributed by atoms with Crippen molar-refractivity contribution in [2.45, 2.75) is 26.7 Å². The van der Waals surface area contributed by atoms with Crippen LogP contribution in [-0.2, 0) is 14.3 Å². The molecule has 1 aliphatic rings. The third-order valence-corrected chi connectivity index (χ3v) is 4.31. The van der Waals surface area contributed by atoms with Gasteiger partial charge in [-0.2, -0.15) is 0 Å². The third-order valence-electron chi connectivity index (χ3n) is 4.31. The SMILES string of the molecule is COC(=O)CCN(CCC(C)C)C(=O)CN1C(=O)c2ccccc2C1=O. The number of rotatable bonds is 8. The fraction of sp³-hybridized carbons (Fsp3) is 0.474. The van der Waals surface area contributed by atoms with Crippen molar-refractivity contribution in [3.05, 3.63) is 35.4 Å². The lowest BCUT2D eigenvalue weighted by Gasteiger charge is -2.25. The van der Waals surface area contributed by atoms with Gasteiger partial charge in [0.2, 0.25) is 5.91 Å². The summed E-state index contributed by atoms with van der Waals surface area (Å²) in [4.78, 5) is 51.4. The Morgan fingerprint density at radius 3 is 2.15 bits per heavy atom. The molecular weight excluding hydrogens is 336 g/mol. The Labute approximate surface area is 152 Å². The van der Waals surface area contributed by atoms with Crippen LogP contribution in [0.2, 0.25) is 0 Å². The molecule has 1 aromatic carbocycles. The summed E-state index contributed by atoms with van der Waals surface area (Å²) >= 11 is 0. The van der Waals surface area contributed by atoms with Crippen molar-refractivity contribution in [1.29, 1.82) is 0 Å². The molecular formula is C19H24N2O5. The molecule has 140 valence electrons. The smallest absolute Gasteiger partial charge is 0.307 e. The van der Waals surface area contributed by atoms with Crippen LogP contribution in [0.5, 0.6) is 0 Å². The Balaban J connectivity index is 2.07. The Morgan fingerprint density at radius 1 is 1.08 bits per heavy atom. The van der Waals surface area contributed by atoms with Gasteiger partial charge in [-0.05, 0) is 24.5 Å². The molecule has 0 aromatic heterocycles. The molecule has 26 heavy (non-hydrogen) atoms. The van der Waals surface area contributed by atoms with Crippen LogP contribution in [0.3, 0.4) is 0 Å². The topological polar surface area (TPSA) is 84.0 Å². The zero-order chi connectivity index (χ0) is 19.3. The van der Waals surface area contributed by atoms with Crippen molar-refractivity contribution in [2.75, 3.05) is 26.7 Å². The number of methoxy groups -OCH3 is 1. The van der Waals surface area contributed by atoms with E-state index in [9.17, 15) is 19.2 Å². The van der Waals surface area contributed by atoms with Gasteiger partial charge in [0.05, 0.1) is 24.7 Å². The van der Waals surface area contributed by atoms with Crippen molar-refractivity contribution >= 4 is 23.7 Å². The van der Waals surface area contributed by atoms with E-state index < -0.39 is 17.8 Å². The molecule has 0 saturated heterocycles. The average molecular weight is 360 g/mol. The standard InChI is InChI=1S/C19H24N2O5/c1-13(2)8-10-20(11-9-17(23)26-3)16(22)12-21-18(24)14-6-4-5-7-15(14)19(21)25/h4-7,13H,8-12H2,1-3H3. The highest BCUT2D eigenvalue weighted by Gasteiger charge is 2.37. The van der Waals surface area contributed by atoms with Crippen LogP contribution in [0.25, 0.3) is 0 Å². The van der Waals surface area contributed by atoms with E-state index in [1.807, 2.05) is 13.8 Å². The highest BCUT2D eigenvalue weighted by molar-refractivity contribution is 6.22. The molecule has 0 fully saturated rings. The van der Waals surface area contributed by atoms with E-state index in [2.05, 4.69) is 4.74 Å². The summed E-state index contributed by atoms with van der Waals surface area (Å²) in [6.45, 7) is 4.39. The molecule has 0 unspecified atom stereocenters. The second kappa shape index (κ2) is 8.60. The number of carbonyl (C=O) groups is 4. The first-order valence-corrected chi connectivity index (χ1v) is 8.65. The highest BCUT2D eigenvalue weighted by atomic mass is 16.5. The minimum absolute atomic E-state index is 0.0719. The number of ether oxygens (including phenoxy) is 1. The lowest BCUT2D eigenvalue weighted by Crippen LogP contribution is -2.44. The highest BCUT2D eigenvalue weighted by Crippen LogP contribution is 2.22. The first-order chi connectivity index (χ1) is 12.3. The Hall–Kier alpha value is -2.70. The van der Waals surface area contributed by atoms with Gasteiger partial charge < -0.3 is 9.64 Å². The molecule has 2 rings (SSSR count). The van der Waals surface area contributed by atoms with Crippen LogP contribution < -0.4 is 0 Å². The number of hydrogen-bond acceptors (Lipinski definition) is 5. The Kier molecular flexibility index (Phi) is 6.49. The molecule has 0 saturated carbocycles. The minimum atomic E-state index is -0.462. The van der Waals surface area contributed by atoms with E-state index in [0.717, 1.165) is 11.3 Å². The largest absolute Gasteiger partial charge is 0.469 e. The molecule has 0 radical (unpaired) electrons. The van der Waals surface area contributed by atoms with E-state index >= 15 is 0 Å². The first kappa shape index (κ1) is 19.6. The van der Waals surface area contributed by atoms with Crippen LogP contribution >= 0.6 is 0 Å². The molecule has 0 spiro atoms. The zero-order valence-corrected chi connectivity index (χ0v) is 15.4. The monoisotopic (exact) mass is 360 g/mol. The van der Waals surface area contributed by atoms with Gasteiger partial charge in [0.1, 0.15) is 6.54 Å². The summed E-state index contributed by atoms with van der Waals surface area (Å²) in [5.74, 6) is -1.31. The molecule has 1 heterocycles. The molecule has 0 bridgehead atoms. The fourth-order valence-corrected chi connectivity index (χ4v) is 2.72. The van der Waals surface area contributed by atoms with E-state index in [4.69, 9.17) is 0 Å². The fourth-order valence-electron chi connectivity index (χ4n) is 2.72. The number of esters is 1. The van der Waals surface area contributed by atoms with Gasteiger partial charge in [-0.3, -0.25) is 24.1 Å². The maximum Gasteiger partial charge on any atom is 0.307 e. The number of carbonyl (C=O) groups excluding carboxylic acids is 4. The maximum atomic E-state index is 12.7. The molecule has 1 aliphatic heterocycles. The number of hydrogen-bond donors (Lipinski definition) is 0. The number of amides is 3. The van der Waals surface area contributed by atoms with Crippen molar-refractivity contribution in [3.8, 4) is 0 Å². The second-order valence-electron chi connectivity index (χ2n) is 6.63. The second-order valence-corrected chi connectivity index (χ2v) is 6.63. The Morgan fingerprint density at radius 2 is 1.65 bits per heavy atom. The number of benzene rings is 1. The third kappa shape index (κ3) is 4.47. The minimum Gasteiger partial charge on any atom is -0.469 e. The lowest BCUT2D eigenvalue weighted by molar-refractivity contribution is -0.141. The molecule has 7 nitrogen and oxygen atoms in total. The summed E-state index contributed by atoms with van der Waals surface area (Å²) in [6, 6.07) is 6.52. The van der Waals surface area contributed by atoms with Crippen molar-refractivity contribution in [2.24, 2.45) is 5.92 Å². The molecule has 0 aliphatic carbocycles. The number of nitrogens with zero attached hydrogens (tertiary/aromatic N) is 2. The van der Waals surface area contributed by atoms with Crippen molar-refractivity contribution in [1.82, 2.24) is 9.80 Å². The quantitative estimate of drug-likeness (QED) is 0.521. The lowest BCUT2D eigenvalue weighted by atomic mass is 10.1. The zero-order valence-electron chi connectivity index (χ0n) is 15.4. The normalized spacial score (nSPS) is 13.2. The van der Waals surface area contributed by atoms with Gasteiger partial charge in [0.15, 0.2) is 0 Å². The summed E-state index contributed by atoms with van der Waals surface area (Å²) < 4.78 is 4.62. The average Bonchev–Trinajstić information content (AvgIpc) is 2.86. The predicted octanol–water partition coefficient (Wildman–Crippen LogP) is 1.72. The van der Waals surface area contributed by atoms with Gasteiger partial charge in [0.25, 0.3) is 11.8 Å². The van der Waals surface area contributed by atoms with Crippen LogP contribution in [-0.4, -0.2) is 60.2 Å². The van der Waals surface area contributed by atoms with Gasteiger partial charge >= 0.3 is 5.97 Å². The van der Waals surface area contributed by atoms with E-state index in [1.165, 1.54) is 12.0 Å². The molecule has 1 aromatic rings. The van der Waals surface area contributed by atoms with E-state index in [-0.39, 0.29) is 25.4 Å². The first-order valence-electron chi connectivity index (χ1n) is 8.65. The maximum absolute atomic E-state index is 12.7. The van der Waals surface area contributed by atoms with Crippen molar-refractivity contribution < 1.29 is 23.9 Å². The number of fused-ring (bicyclic) bond motifs is 1. The van der Waals surface area contributed by atoms with Crippen LogP contribution in [0.1, 0.15) is 47.4 Å². The Bertz CT molecular complexity index is 679. The molecule has 0 N–H and O–H groups in total. The van der Waals surface area contributed by atoms with Gasteiger partial charge in [-0.15, -0.1) is 0 Å². The molecule has 3 amide bonds. The van der Waals surface area contributed by atoms with Crippen LogP contribution in [0.4, 0.5) is 0 Å². The summed E-state index contributed by atoms with van der Waals surface area (Å²) in [5, 5.41) is 0. The summed E-state index contributed by atoms with van der Waals surface area (Å²) in [6.07, 6.45) is 0.831. The molecule has 0 atom stereocenters. The van der Waals surface area contributed by atoms with E-state index in [0.29, 0.717) is 23.6 Å². The van der Waals surface area contributed by atoms with E-state index in [1.54, 1.807) is 24.3 Å². The number of imide groups is 1. The molecule has 7 heteroatoms. The summed E-state index contributed by atoms with van der Waals surface area (Å²) in [7, 11) is 1.29. The summed E-state index contributed by atoms with van der Waals surface area (Å²) in [5.41, 5.74) is 0.627. The van der Waals surface area contributed by atoms with Crippen LogP contribution in [0, 0.1) is 5.92 Å². The van der Waals surface area contributed by atoms with Gasteiger partial charge in [0, 0.05) is 13.1 Å². The van der Waals surface area contributed by atoms with Crippen LogP contribution in [0.15, 0.2) is 24.3 Å². The predicted molar refractivity (Wildman–Crippen MR) is 94.5 cm³/mol. The van der Waals surface area contributed by atoms with Gasteiger partial charge in [-0.25, -0.2) is 0 Å². The van der Waals surface area contributed by atoms with Gasteiger partial charge in [-0.1, -0.05) is 26.0 Å².